The van der Waals surface area contributed by atoms with Gasteiger partial charge < -0.3 is 10.4 Å². The van der Waals surface area contributed by atoms with Crippen LogP contribution < -0.4 is 5.32 Å². The zero-order valence-corrected chi connectivity index (χ0v) is 11.4. The number of halogens is 1. The van der Waals surface area contributed by atoms with Gasteiger partial charge in [-0.1, -0.05) is 12.1 Å². The predicted molar refractivity (Wildman–Crippen MR) is 73.7 cm³/mol. The summed E-state index contributed by atoms with van der Waals surface area (Å²) in [6.07, 6.45) is 3.84. The Bertz CT molecular complexity index is 513. The summed E-state index contributed by atoms with van der Waals surface area (Å²) in [6, 6.07) is 6.64. The molecule has 3 nitrogen and oxygen atoms in total. The fraction of sp³-hybridized carbons (Fsp3) is 0.562. The topological polar surface area (TPSA) is 49.3 Å². The predicted octanol–water partition coefficient (Wildman–Crippen LogP) is 2.13. The third kappa shape index (κ3) is 2.57. The minimum atomic E-state index is -0.501. The molecule has 0 bridgehead atoms. The molecule has 2 unspecified atom stereocenters. The highest BCUT2D eigenvalue weighted by Gasteiger charge is 2.45. The number of benzene rings is 1. The number of hydrogen-bond donors (Lipinski definition) is 2. The Balaban J connectivity index is 1.62. The summed E-state index contributed by atoms with van der Waals surface area (Å²) in [7, 11) is 0. The van der Waals surface area contributed by atoms with Gasteiger partial charge in [-0.05, 0) is 49.8 Å². The summed E-state index contributed by atoms with van der Waals surface area (Å²) < 4.78 is 13.3. The van der Waals surface area contributed by atoms with E-state index in [4.69, 9.17) is 0 Å². The lowest BCUT2D eigenvalue weighted by Gasteiger charge is -2.20. The quantitative estimate of drug-likeness (QED) is 0.886. The third-order valence-electron chi connectivity index (χ3n) is 4.71. The summed E-state index contributed by atoms with van der Waals surface area (Å²) >= 11 is 0. The van der Waals surface area contributed by atoms with Crippen molar-refractivity contribution in [1.82, 2.24) is 5.32 Å². The van der Waals surface area contributed by atoms with E-state index in [0.717, 1.165) is 31.2 Å². The molecule has 2 aliphatic carbocycles. The molecule has 108 valence electrons. The zero-order chi connectivity index (χ0) is 14.2. The highest BCUT2D eigenvalue weighted by molar-refractivity contribution is 5.79. The van der Waals surface area contributed by atoms with Crippen LogP contribution in [0.25, 0.3) is 0 Å². The monoisotopic (exact) mass is 277 g/mol. The zero-order valence-electron chi connectivity index (χ0n) is 11.4. The Labute approximate surface area is 118 Å². The van der Waals surface area contributed by atoms with Crippen LogP contribution in [0.2, 0.25) is 0 Å². The average Bonchev–Trinajstić information content (AvgIpc) is 3.11. The maximum atomic E-state index is 13.3. The molecule has 2 aliphatic rings. The van der Waals surface area contributed by atoms with E-state index in [-0.39, 0.29) is 23.1 Å². The molecule has 1 aromatic rings. The smallest absolute Gasteiger partial charge is 0.225 e. The summed E-state index contributed by atoms with van der Waals surface area (Å²) in [4.78, 5) is 12.1. The number of aliphatic hydroxyl groups excluding tert-OH is 1. The Hall–Kier alpha value is -1.42. The molecule has 0 aromatic heterocycles. The summed E-state index contributed by atoms with van der Waals surface area (Å²) in [6.45, 7) is 0.540. The van der Waals surface area contributed by atoms with Crippen molar-refractivity contribution in [2.45, 2.75) is 43.6 Å². The molecule has 2 atom stereocenters. The number of rotatable bonds is 4. The minimum absolute atomic E-state index is 0.0577. The SMILES string of the molecule is O=C(NCC1(c2cccc(F)c2)CC1)C1CCCC1O. The molecule has 1 amide bonds. The number of amides is 1. The van der Waals surface area contributed by atoms with Crippen molar-refractivity contribution in [2.24, 2.45) is 5.92 Å². The van der Waals surface area contributed by atoms with Gasteiger partial charge in [0.25, 0.3) is 0 Å². The molecular formula is C16H20FNO2. The van der Waals surface area contributed by atoms with Crippen LogP contribution in [-0.2, 0) is 10.2 Å². The van der Waals surface area contributed by atoms with E-state index in [1.54, 1.807) is 12.1 Å². The van der Waals surface area contributed by atoms with Crippen LogP contribution in [-0.4, -0.2) is 23.7 Å². The lowest BCUT2D eigenvalue weighted by atomic mass is 9.95. The van der Waals surface area contributed by atoms with E-state index >= 15 is 0 Å². The van der Waals surface area contributed by atoms with Crippen LogP contribution in [0.1, 0.15) is 37.7 Å². The first-order chi connectivity index (χ1) is 9.61. The van der Waals surface area contributed by atoms with Gasteiger partial charge in [0.15, 0.2) is 0 Å². The molecule has 0 aliphatic heterocycles. The molecule has 0 heterocycles. The second kappa shape index (κ2) is 5.17. The van der Waals surface area contributed by atoms with Crippen molar-refractivity contribution in [3.8, 4) is 0 Å². The van der Waals surface area contributed by atoms with Crippen LogP contribution in [0, 0.1) is 11.7 Å². The van der Waals surface area contributed by atoms with Crippen LogP contribution in [0.4, 0.5) is 4.39 Å². The van der Waals surface area contributed by atoms with Gasteiger partial charge in [-0.25, -0.2) is 4.39 Å². The third-order valence-corrected chi connectivity index (χ3v) is 4.71. The molecule has 2 fully saturated rings. The van der Waals surface area contributed by atoms with Crippen molar-refractivity contribution in [3.05, 3.63) is 35.6 Å². The summed E-state index contributed by atoms with van der Waals surface area (Å²) in [5, 5.41) is 12.7. The fourth-order valence-electron chi connectivity index (χ4n) is 3.17. The lowest BCUT2D eigenvalue weighted by molar-refractivity contribution is -0.127. The van der Waals surface area contributed by atoms with E-state index < -0.39 is 6.10 Å². The Kier molecular flexibility index (Phi) is 3.50. The van der Waals surface area contributed by atoms with Gasteiger partial charge >= 0.3 is 0 Å². The molecule has 0 saturated heterocycles. The molecule has 3 rings (SSSR count). The van der Waals surface area contributed by atoms with Gasteiger partial charge in [0, 0.05) is 12.0 Å². The highest BCUT2D eigenvalue weighted by atomic mass is 19.1. The van der Waals surface area contributed by atoms with Crippen LogP contribution in [0.3, 0.4) is 0 Å². The van der Waals surface area contributed by atoms with Gasteiger partial charge in [-0.2, -0.15) is 0 Å². The van der Waals surface area contributed by atoms with Crippen molar-refractivity contribution >= 4 is 5.91 Å². The largest absolute Gasteiger partial charge is 0.392 e. The summed E-state index contributed by atoms with van der Waals surface area (Å²) in [5.41, 5.74) is 0.867. The van der Waals surface area contributed by atoms with Gasteiger partial charge in [-0.3, -0.25) is 4.79 Å². The maximum Gasteiger partial charge on any atom is 0.225 e. The van der Waals surface area contributed by atoms with Crippen molar-refractivity contribution in [3.63, 3.8) is 0 Å². The highest BCUT2D eigenvalue weighted by Crippen LogP contribution is 2.47. The maximum absolute atomic E-state index is 13.3. The molecule has 2 saturated carbocycles. The second-order valence-electron chi connectivity index (χ2n) is 6.11. The van der Waals surface area contributed by atoms with E-state index in [9.17, 15) is 14.3 Å². The van der Waals surface area contributed by atoms with Crippen molar-refractivity contribution in [2.75, 3.05) is 6.54 Å². The number of aliphatic hydroxyl groups is 1. The lowest BCUT2D eigenvalue weighted by Crippen LogP contribution is -2.39. The molecule has 4 heteroatoms. The Morgan fingerprint density at radius 3 is 2.80 bits per heavy atom. The van der Waals surface area contributed by atoms with Crippen LogP contribution >= 0.6 is 0 Å². The van der Waals surface area contributed by atoms with Gasteiger partial charge in [0.05, 0.1) is 12.0 Å². The van der Waals surface area contributed by atoms with Crippen LogP contribution in [0.5, 0.6) is 0 Å². The number of nitrogens with one attached hydrogen (secondary N) is 1. The Morgan fingerprint density at radius 2 is 2.20 bits per heavy atom. The summed E-state index contributed by atoms with van der Waals surface area (Å²) in [5.74, 6) is -0.553. The van der Waals surface area contributed by atoms with Gasteiger partial charge in [0.2, 0.25) is 5.91 Å². The average molecular weight is 277 g/mol. The first-order valence-corrected chi connectivity index (χ1v) is 7.33. The first-order valence-electron chi connectivity index (χ1n) is 7.33. The molecular weight excluding hydrogens is 257 g/mol. The van der Waals surface area contributed by atoms with Gasteiger partial charge in [-0.15, -0.1) is 0 Å². The standard InChI is InChI=1S/C16H20FNO2/c17-12-4-1-3-11(9-12)16(7-8-16)10-18-15(20)13-5-2-6-14(13)19/h1,3-4,9,13-14,19H,2,5-8,10H2,(H,18,20). The van der Waals surface area contributed by atoms with E-state index in [1.807, 2.05) is 6.07 Å². The normalized spacial score (nSPS) is 27.3. The number of carbonyl (C=O) groups excluding carboxylic acids is 1. The van der Waals surface area contributed by atoms with Crippen molar-refractivity contribution in [1.29, 1.82) is 0 Å². The number of carbonyl (C=O) groups is 1. The second-order valence-corrected chi connectivity index (χ2v) is 6.11. The van der Waals surface area contributed by atoms with E-state index in [1.165, 1.54) is 6.07 Å². The molecule has 1 aromatic carbocycles. The first kappa shape index (κ1) is 13.6. The number of hydrogen-bond acceptors (Lipinski definition) is 2. The molecule has 0 radical (unpaired) electrons. The van der Waals surface area contributed by atoms with Crippen molar-refractivity contribution < 1.29 is 14.3 Å². The van der Waals surface area contributed by atoms with Gasteiger partial charge in [0.1, 0.15) is 5.82 Å². The molecule has 20 heavy (non-hydrogen) atoms. The van der Waals surface area contributed by atoms with E-state index in [2.05, 4.69) is 5.32 Å². The Morgan fingerprint density at radius 1 is 1.40 bits per heavy atom. The minimum Gasteiger partial charge on any atom is -0.392 e. The molecule has 2 N–H and O–H groups in total. The fourth-order valence-corrected chi connectivity index (χ4v) is 3.17. The van der Waals surface area contributed by atoms with Crippen LogP contribution in [0.15, 0.2) is 24.3 Å². The van der Waals surface area contributed by atoms with E-state index in [0.29, 0.717) is 13.0 Å². The molecule has 0 spiro atoms.